The average Bonchev–Trinajstić information content (AvgIpc) is 3.77. The Labute approximate surface area is 268 Å². The number of allylic oxidation sites excluding steroid dienone is 1. The Hall–Kier alpha value is -4.96. The molecule has 6 aromatic carbocycles. The van der Waals surface area contributed by atoms with Crippen molar-refractivity contribution in [2.75, 3.05) is 0 Å². The number of nitrogens with zero attached hydrogens (tertiary/aromatic N) is 1. The van der Waals surface area contributed by atoms with Gasteiger partial charge in [0, 0.05) is 51.6 Å². The van der Waals surface area contributed by atoms with E-state index in [9.17, 15) is 0 Å². The molecule has 0 amide bonds. The maximum atomic E-state index is 2.50. The van der Waals surface area contributed by atoms with E-state index < -0.39 is 0 Å². The van der Waals surface area contributed by atoms with Gasteiger partial charge in [-0.3, -0.25) is 0 Å². The van der Waals surface area contributed by atoms with Crippen molar-refractivity contribution in [2.45, 2.75) is 12.8 Å². The first-order valence-corrected chi connectivity index (χ1v) is 17.2. The molecule has 0 saturated carbocycles. The van der Waals surface area contributed by atoms with Crippen LogP contribution in [0.15, 0.2) is 133 Å². The summed E-state index contributed by atoms with van der Waals surface area (Å²) in [7, 11) is 0. The van der Waals surface area contributed by atoms with Crippen molar-refractivity contribution < 1.29 is 0 Å². The van der Waals surface area contributed by atoms with Gasteiger partial charge in [-0.15, -0.1) is 22.7 Å². The summed E-state index contributed by atoms with van der Waals surface area (Å²) in [6.45, 7) is 0. The summed E-state index contributed by atoms with van der Waals surface area (Å²) >= 11 is 3.85. The highest BCUT2D eigenvalue weighted by Crippen LogP contribution is 2.43. The van der Waals surface area contributed by atoms with E-state index in [0.717, 1.165) is 12.8 Å². The van der Waals surface area contributed by atoms with Crippen LogP contribution in [0.1, 0.15) is 16.9 Å². The SMILES string of the molecule is C1=C(n2c3ccccc3c3ccccc32)CCc2sc3ccc(-c4ccc5sc6ccc(-c7ccccc7)cc6c5c4)cc3c21. The standard InChI is InChI=1S/C42H27NS2/c1-2-8-26(9-3-1)27-14-18-39-33(22-27)34-23-28(15-19-40(34)44-39)29-16-20-41-35(24-29)36-25-30(17-21-42(36)45-41)43-37-12-6-4-10-31(37)32-11-5-7-13-38(32)43/h1-16,18-20,22-25H,17,21H2. The van der Waals surface area contributed by atoms with E-state index >= 15 is 0 Å². The van der Waals surface area contributed by atoms with Crippen LogP contribution >= 0.6 is 22.7 Å². The van der Waals surface area contributed by atoms with Crippen LogP contribution in [0.3, 0.4) is 0 Å². The van der Waals surface area contributed by atoms with Crippen LogP contribution in [-0.2, 0) is 6.42 Å². The Kier molecular flexibility index (Phi) is 5.51. The largest absolute Gasteiger partial charge is 0.313 e. The minimum Gasteiger partial charge on any atom is -0.313 e. The van der Waals surface area contributed by atoms with Gasteiger partial charge in [0.25, 0.3) is 0 Å². The zero-order chi connectivity index (χ0) is 29.5. The van der Waals surface area contributed by atoms with Gasteiger partial charge in [0.2, 0.25) is 0 Å². The van der Waals surface area contributed by atoms with Crippen molar-refractivity contribution in [3.05, 3.63) is 144 Å². The fourth-order valence-corrected chi connectivity index (χ4v) is 9.58. The first kappa shape index (κ1) is 25.4. The highest BCUT2D eigenvalue weighted by molar-refractivity contribution is 7.25. The molecule has 3 heterocycles. The number of aryl methyl sites for hydroxylation is 1. The average molecular weight is 610 g/mol. The zero-order valence-electron chi connectivity index (χ0n) is 24.5. The summed E-state index contributed by atoms with van der Waals surface area (Å²) in [5.41, 5.74) is 10.4. The molecule has 212 valence electrons. The molecule has 0 aliphatic heterocycles. The number of hydrogen-bond donors (Lipinski definition) is 0. The quantitative estimate of drug-likeness (QED) is 0.188. The zero-order valence-corrected chi connectivity index (χ0v) is 26.1. The fourth-order valence-electron chi connectivity index (χ4n) is 7.35. The highest BCUT2D eigenvalue weighted by atomic mass is 32.1. The molecule has 10 rings (SSSR count). The third kappa shape index (κ3) is 3.91. The molecule has 0 unspecified atom stereocenters. The van der Waals surface area contributed by atoms with Crippen LogP contribution in [0.2, 0.25) is 0 Å². The van der Waals surface area contributed by atoms with Gasteiger partial charge >= 0.3 is 0 Å². The second-order valence-corrected chi connectivity index (χ2v) is 14.3. The van der Waals surface area contributed by atoms with Crippen molar-refractivity contribution >= 4 is 86.5 Å². The van der Waals surface area contributed by atoms with E-state index in [2.05, 4.69) is 144 Å². The molecule has 45 heavy (non-hydrogen) atoms. The monoisotopic (exact) mass is 609 g/mol. The molecule has 0 spiro atoms. The fraction of sp³-hybridized carbons (Fsp3) is 0.0476. The summed E-state index contributed by atoms with van der Waals surface area (Å²) < 4.78 is 6.55. The number of para-hydroxylation sites is 2. The number of aromatic nitrogens is 1. The van der Waals surface area contributed by atoms with E-state index in [1.54, 1.807) is 0 Å². The summed E-state index contributed by atoms with van der Waals surface area (Å²) in [6, 6.07) is 49.4. The van der Waals surface area contributed by atoms with Crippen molar-refractivity contribution in [1.29, 1.82) is 0 Å². The van der Waals surface area contributed by atoms with Gasteiger partial charge in [-0.1, -0.05) is 84.9 Å². The number of hydrogen-bond acceptors (Lipinski definition) is 2. The lowest BCUT2D eigenvalue weighted by Crippen LogP contribution is -2.03. The smallest absolute Gasteiger partial charge is 0.0537 e. The number of benzene rings is 6. The van der Waals surface area contributed by atoms with Crippen LogP contribution in [0.5, 0.6) is 0 Å². The molecule has 0 saturated heterocycles. The second kappa shape index (κ2) is 9.77. The van der Waals surface area contributed by atoms with Gasteiger partial charge < -0.3 is 4.57 Å². The van der Waals surface area contributed by atoms with Crippen LogP contribution in [-0.4, -0.2) is 4.57 Å². The maximum absolute atomic E-state index is 2.50. The first-order valence-electron chi connectivity index (χ1n) is 15.6. The predicted octanol–water partition coefficient (Wildman–Crippen LogP) is 12.7. The van der Waals surface area contributed by atoms with Gasteiger partial charge in [0.15, 0.2) is 0 Å². The molecule has 9 aromatic rings. The molecule has 1 nitrogen and oxygen atoms in total. The third-order valence-electron chi connectivity index (χ3n) is 9.50. The Morgan fingerprint density at radius 3 is 1.60 bits per heavy atom. The van der Waals surface area contributed by atoms with E-state index in [1.807, 2.05) is 22.7 Å². The van der Waals surface area contributed by atoms with E-state index in [-0.39, 0.29) is 0 Å². The minimum atomic E-state index is 1.04. The van der Waals surface area contributed by atoms with Gasteiger partial charge in [-0.05, 0) is 95.3 Å². The molecule has 0 radical (unpaired) electrons. The lowest BCUT2D eigenvalue weighted by Gasteiger charge is -2.17. The predicted molar refractivity (Wildman–Crippen MR) is 198 cm³/mol. The Morgan fingerprint density at radius 2 is 0.956 bits per heavy atom. The van der Waals surface area contributed by atoms with Crippen molar-refractivity contribution in [3.63, 3.8) is 0 Å². The molecule has 0 atom stereocenters. The third-order valence-corrected chi connectivity index (χ3v) is 11.9. The van der Waals surface area contributed by atoms with Crippen LogP contribution in [0.25, 0.3) is 86.1 Å². The molecule has 0 N–H and O–H groups in total. The maximum Gasteiger partial charge on any atom is 0.0537 e. The molecule has 0 bridgehead atoms. The van der Waals surface area contributed by atoms with Crippen molar-refractivity contribution in [3.8, 4) is 22.3 Å². The topological polar surface area (TPSA) is 4.93 Å². The summed E-state index contributed by atoms with van der Waals surface area (Å²) in [5.74, 6) is 0. The van der Waals surface area contributed by atoms with Gasteiger partial charge in [-0.2, -0.15) is 0 Å². The van der Waals surface area contributed by atoms with Gasteiger partial charge in [0.05, 0.1) is 11.0 Å². The van der Waals surface area contributed by atoms with E-state index in [4.69, 9.17) is 0 Å². The second-order valence-electron chi connectivity index (χ2n) is 12.0. The number of rotatable bonds is 3. The van der Waals surface area contributed by atoms with Crippen LogP contribution < -0.4 is 0 Å². The Balaban J connectivity index is 1.11. The lowest BCUT2D eigenvalue weighted by atomic mass is 9.96. The summed E-state index contributed by atoms with van der Waals surface area (Å²) in [4.78, 5) is 1.50. The van der Waals surface area contributed by atoms with Crippen molar-refractivity contribution in [2.24, 2.45) is 0 Å². The molecular formula is C42H27NS2. The minimum absolute atomic E-state index is 1.04. The van der Waals surface area contributed by atoms with E-state index in [1.165, 1.54) is 90.5 Å². The van der Waals surface area contributed by atoms with Gasteiger partial charge in [-0.25, -0.2) is 0 Å². The molecule has 0 fully saturated rings. The van der Waals surface area contributed by atoms with Crippen LogP contribution in [0.4, 0.5) is 0 Å². The molecular weight excluding hydrogens is 583 g/mol. The highest BCUT2D eigenvalue weighted by Gasteiger charge is 2.21. The first-order chi connectivity index (χ1) is 22.3. The Morgan fingerprint density at radius 1 is 0.422 bits per heavy atom. The summed E-state index contributed by atoms with van der Waals surface area (Å²) in [6.07, 6.45) is 4.59. The molecule has 1 aliphatic rings. The number of fused-ring (bicyclic) bond motifs is 9. The molecule has 3 aromatic heterocycles. The Bertz CT molecular complexity index is 2590. The normalized spacial score (nSPS) is 13.3. The number of thiophene rings is 2. The summed E-state index contributed by atoms with van der Waals surface area (Å²) in [5, 5.41) is 6.69. The van der Waals surface area contributed by atoms with Crippen molar-refractivity contribution in [1.82, 2.24) is 4.57 Å². The lowest BCUT2D eigenvalue weighted by molar-refractivity contribution is 0.968. The van der Waals surface area contributed by atoms with Crippen LogP contribution in [0, 0.1) is 0 Å². The van der Waals surface area contributed by atoms with E-state index in [0.29, 0.717) is 0 Å². The molecule has 3 heteroatoms. The molecule has 1 aliphatic carbocycles. The van der Waals surface area contributed by atoms with Gasteiger partial charge in [0.1, 0.15) is 0 Å².